The molecular weight excluding hydrogens is 304 g/mol. The highest BCUT2D eigenvalue weighted by molar-refractivity contribution is 6.08. The van der Waals surface area contributed by atoms with E-state index >= 15 is 0 Å². The molecule has 5 nitrogen and oxygen atoms in total. The SMILES string of the molecule is Cc1cccc(C)c1NC(=O)CCC(=O)CC(=O)c1ccncc1. The van der Waals surface area contributed by atoms with Crippen molar-refractivity contribution in [2.45, 2.75) is 33.1 Å². The molecule has 1 amide bonds. The minimum Gasteiger partial charge on any atom is -0.326 e. The van der Waals surface area contributed by atoms with Crippen LogP contribution in [0.5, 0.6) is 0 Å². The van der Waals surface area contributed by atoms with Gasteiger partial charge in [-0.05, 0) is 37.1 Å². The monoisotopic (exact) mass is 324 g/mol. The number of nitrogens with zero attached hydrogens (tertiary/aromatic N) is 1. The number of carbonyl (C=O) groups is 3. The average molecular weight is 324 g/mol. The summed E-state index contributed by atoms with van der Waals surface area (Å²) in [5.74, 6) is -0.719. The topological polar surface area (TPSA) is 76.1 Å². The van der Waals surface area contributed by atoms with E-state index in [2.05, 4.69) is 10.3 Å². The van der Waals surface area contributed by atoms with Gasteiger partial charge in [0.15, 0.2) is 5.78 Å². The van der Waals surface area contributed by atoms with Crippen LogP contribution in [0.25, 0.3) is 0 Å². The lowest BCUT2D eigenvalue weighted by Gasteiger charge is -2.11. The van der Waals surface area contributed by atoms with Crippen LogP contribution in [-0.4, -0.2) is 22.5 Å². The maximum Gasteiger partial charge on any atom is 0.224 e. The Morgan fingerprint density at radius 2 is 1.58 bits per heavy atom. The van der Waals surface area contributed by atoms with E-state index in [9.17, 15) is 14.4 Å². The summed E-state index contributed by atoms with van der Waals surface area (Å²) in [6.07, 6.45) is 2.94. The first-order chi connectivity index (χ1) is 11.5. The van der Waals surface area contributed by atoms with Crippen molar-refractivity contribution in [1.82, 2.24) is 4.98 Å². The number of pyridine rings is 1. The molecule has 24 heavy (non-hydrogen) atoms. The number of aromatic nitrogens is 1. The van der Waals surface area contributed by atoms with Gasteiger partial charge in [0.05, 0.1) is 6.42 Å². The maximum atomic E-state index is 12.0. The van der Waals surface area contributed by atoms with Gasteiger partial charge in [-0.3, -0.25) is 19.4 Å². The molecule has 0 atom stereocenters. The lowest BCUT2D eigenvalue weighted by atomic mass is 10.0. The molecule has 124 valence electrons. The Morgan fingerprint density at radius 3 is 2.21 bits per heavy atom. The van der Waals surface area contributed by atoms with Gasteiger partial charge in [-0.25, -0.2) is 0 Å². The molecule has 0 saturated carbocycles. The fourth-order valence-electron chi connectivity index (χ4n) is 2.37. The molecule has 0 unspecified atom stereocenters. The zero-order chi connectivity index (χ0) is 17.5. The second-order valence-corrected chi connectivity index (χ2v) is 5.69. The maximum absolute atomic E-state index is 12.0. The number of hydrogen-bond donors (Lipinski definition) is 1. The van der Waals surface area contributed by atoms with Crippen molar-refractivity contribution >= 4 is 23.2 Å². The van der Waals surface area contributed by atoms with Gasteiger partial charge in [-0.15, -0.1) is 0 Å². The molecular formula is C19H20N2O3. The summed E-state index contributed by atoms with van der Waals surface area (Å²) in [6, 6.07) is 8.91. The Labute approximate surface area is 141 Å². The molecule has 0 saturated heterocycles. The second kappa shape index (κ2) is 8.15. The molecule has 1 heterocycles. The Morgan fingerprint density at radius 1 is 0.958 bits per heavy atom. The Kier molecular flexibility index (Phi) is 5.95. The number of amides is 1. The van der Waals surface area contributed by atoms with Crippen molar-refractivity contribution in [3.63, 3.8) is 0 Å². The predicted octanol–water partition coefficient (Wildman–Crippen LogP) is 3.26. The van der Waals surface area contributed by atoms with E-state index in [0.29, 0.717) is 5.56 Å². The van der Waals surface area contributed by atoms with E-state index in [1.54, 1.807) is 12.1 Å². The molecule has 0 spiro atoms. The molecule has 1 aromatic carbocycles. The van der Waals surface area contributed by atoms with Crippen LogP contribution in [0.2, 0.25) is 0 Å². The normalized spacial score (nSPS) is 10.2. The van der Waals surface area contributed by atoms with E-state index in [0.717, 1.165) is 16.8 Å². The molecule has 2 rings (SSSR count). The molecule has 2 aromatic rings. The Hall–Kier alpha value is -2.82. The van der Waals surface area contributed by atoms with Crippen LogP contribution in [-0.2, 0) is 9.59 Å². The van der Waals surface area contributed by atoms with Crippen LogP contribution in [0, 0.1) is 13.8 Å². The van der Waals surface area contributed by atoms with Crippen LogP contribution in [0.4, 0.5) is 5.69 Å². The van der Waals surface area contributed by atoms with Gasteiger partial charge in [0.1, 0.15) is 5.78 Å². The Balaban J connectivity index is 1.83. The van der Waals surface area contributed by atoms with Crippen molar-refractivity contribution in [3.05, 3.63) is 59.4 Å². The summed E-state index contributed by atoms with van der Waals surface area (Å²) in [6.45, 7) is 3.84. The molecule has 1 aromatic heterocycles. The van der Waals surface area contributed by atoms with Gasteiger partial charge in [-0.1, -0.05) is 18.2 Å². The first-order valence-corrected chi connectivity index (χ1v) is 7.78. The molecule has 0 radical (unpaired) electrons. The number of benzene rings is 1. The lowest BCUT2D eigenvalue weighted by molar-refractivity contribution is -0.122. The highest BCUT2D eigenvalue weighted by Gasteiger charge is 2.14. The fourth-order valence-corrected chi connectivity index (χ4v) is 2.37. The summed E-state index contributed by atoms with van der Waals surface area (Å²) >= 11 is 0. The third kappa shape index (κ3) is 4.84. The molecule has 0 fully saturated rings. The van der Waals surface area contributed by atoms with Crippen molar-refractivity contribution in [2.24, 2.45) is 0 Å². The summed E-state index contributed by atoms with van der Waals surface area (Å²) in [7, 11) is 0. The van der Waals surface area contributed by atoms with E-state index in [-0.39, 0.29) is 36.7 Å². The fraction of sp³-hybridized carbons (Fsp3) is 0.263. The number of para-hydroxylation sites is 1. The van der Waals surface area contributed by atoms with Crippen molar-refractivity contribution in [3.8, 4) is 0 Å². The number of hydrogen-bond acceptors (Lipinski definition) is 4. The van der Waals surface area contributed by atoms with Crippen molar-refractivity contribution in [1.29, 1.82) is 0 Å². The van der Waals surface area contributed by atoms with Gasteiger partial charge < -0.3 is 5.32 Å². The smallest absolute Gasteiger partial charge is 0.224 e. The standard InChI is InChI=1S/C19H20N2O3/c1-13-4-3-5-14(2)19(13)21-18(24)7-6-16(22)12-17(23)15-8-10-20-11-9-15/h3-5,8-11H,6-7,12H2,1-2H3,(H,21,24). The van der Waals surface area contributed by atoms with Crippen LogP contribution in [0.15, 0.2) is 42.7 Å². The van der Waals surface area contributed by atoms with Crippen LogP contribution in [0.1, 0.15) is 40.7 Å². The van der Waals surface area contributed by atoms with Crippen LogP contribution >= 0.6 is 0 Å². The number of aryl methyl sites for hydroxylation is 2. The summed E-state index contributed by atoms with van der Waals surface area (Å²) in [5.41, 5.74) is 3.19. The third-order valence-corrected chi connectivity index (χ3v) is 3.74. The van der Waals surface area contributed by atoms with Crippen molar-refractivity contribution < 1.29 is 14.4 Å². The van der Waals surface area contributed by atoms with Gasteiger partial charge in [-0.2, -0.15) is 0 Å². The summed E-state index contributed by atoms with van der Waals surface area (Å²) in [4.78, 5) is 39.7. The number of carbonyl (C=O) groups excluding carboxylic acids is 3. The van der Waals surface area contributed by atoms with E-state index in [1.807, 2.05) is 32.0 Å². The van der Waals surface area contributed by atoms with Gasteiger partial charge in [0, 0.05) is 36.5 Å². The summed E-state index contributed by atoms with van der Waals surface area (Å²) < 4.78 is 0. The highest BCUT2D eigenvalue weighted by Crippen LogP contribution is 2.19. The molecule has 1 N–H and O–H groups in total. The van der Waals surface area contributed by atoms with Crippen molar-refractivity contribution in [2.75, 3.05) is 5.32 Å². The average Bonchev–Trinajstić information content (AvgIpc) is 2.57. The first kappa shape index (κ1) is 17.5. The molecule has 5 heteroatoms. The minimum atomic E-state index is -0.252. The predicted molar refractivity (Wildman–Crippen MR) is 92.0 cm³/mol. The third-order valence-electron chi connectivity index (χ3n) is 3.74. The quantitative estimate of drug-likeness (QED) is 0.626. The number of rotatable bonds is 7. The largest absolute Gasteiger partial charge is 0.326 e. The van der Waals surface area contributed by atoms with Crippen LogP contribution in [0.3, 0.4) is 0 Å². The van der Waals surface area contributed by atoms with Crippen LogP contribution < -0.4 is 5.32 Å². The van der Waals surface area contributed by atoms with E-state index in [4.69, 9.17) is 0 Å². The minimum absolute atomic E-state index is 0.0492. The number of ketones is 2. The van der Waals surface area contributed by atoms with Gasteiger partial charge >= 0.3 is 0 Å². The zero-order valence-electron chi connectivity index (χ0n) is 13.8. The van der Waals surface area contributed by atoms with E-state index < -0.39 is 0 Å². The second-order valence-electron chi connectivity index (χ2n) is 5.69. The van der Waals surface area contributed by atoms with Gasteiger partial charge in [0.25, 0.3) is 0 Å². The Bertz CT molecular complexity index is 734. The number of Topliss-reactive ketones (excluding diaryl/α,β-unsaturated/α-hetero) is 2. The molecule has 0 bridgehead atoms. The number of anilines is 1. The zero-order valence-corrected chi connectivity index (χ0v) is 13.8. The molecule has 0 aliphatic heterocycles. The summed E-state index contributed by atoms with van der Waals surface area (Å²) in [5, 5.41) is 2.83. The molecule has 0 aliphatic carbocycles. The first-order valence-electron chi connectivity index (χ1n) is 7.78. The number of nitrogens with one attached hydrogen (secondary N) is 1. The van der Waals surface area contributed by atoms with E-state index in [1.165, 1.54) is 12.4 Å². The highest BCUT2D eigenvalue weighted by atomic mass is 16.2. The lowest BCUT2D eigenvalue weighted by Crippen LogP contribution is -2.16. The molecule has 0 aliphatic rings. The van der Waals surface area contributed by atoms with Gasteiger partial charge in [0.2, 0.25) is 5.91 Å².